The first-order chi connectivity index (χ1) is 12.0. The van der Waals surface area contributed by atoms with Gasteiger partial charge in [0.25, 0.3) is 0 Å². The van der Waals surface area contributed by atoms with Crippen molar-refractivity contribution in [3.63, 3.8) is 0 Å². The number of nitrogens with one attached hydrogen (secondary N) is 1. The van der Waals surface area contributed by atoms with Crippen LogP contribution in [0.4, 0.5) is 10.1 Å². The van der Waals surface area contributed by atoms with E-state index >= 15 is 0 Å². The predicted octanol–water partition coefficient (Wildman–Crippen LogP) is 4.68. The van der Waals surface area contributed by atoms with Gasteiger partial charge in [-0.3, -0.25) is 4.90 Å². The number of nitrogens with zero attached hydrogens (tertiary/aromatic N) is 1. The van der Waals surface area contributed by atoms with Gasteiger partial charge in [0, 0.05) is 31.4 Å². The highest BCUT2D eigenvalue weighted by Crippen LogP contribution is 2.31. The zero-order valence-corrected chi connectivity index (χ0v) is 15.3. The smallest absolute Gasteiger partial charge is 0.123 e. The Kier molecular flexibility index (Phi) is 5.59. The number of rotatable bonds is 7. The van der Waals surface area contributed by atoms with Gasteiger partial charge in [0.1, 0.15) is 18.2 Å². The minimum absolute atomic E-state index is 0.245. The van der Waals surface area contributed by atoms with E-state index in [0.29, 0.717) is 30.9 Å². The van der Waals surface area contributed by atoms with Crippen LogP contribution < -0.4 is 10.1 Å². The van der Waals surface area contributed by atoms with Crippen molar-refractivity contribution in [1.29, 1.82) is 0 Å². The first-order valence-corrected chi connectivity index (χ1v) is 9.01. The van der Waals surface area contributed by atoms with Crippen LogP contribution in [0.1, 0.15) is 31.9 Å². The average molecular weight is 342 g/mol. The molecule has 1 unspecified atom stereocenters. The van der Waals surface area contributed by atoms with Gasteiger partial charge in [-0.25, -0.2) is 4.39 Å². The normalized spacial score (nSPS) is 15.2. The Morgan fingerprint density at radius 1 is 1.08 bits per heavy atom. The third-order valence-electron chi connectivity index (χ3n) is 5.05. The molecule has 0 spiro atoms. The maximum atomic E-state index is 12.9. The average Bonchev–Trinajstić information content (AvgIpc) is 3.04. The maximum absolute atomic E-state index is 12.9. The molecule has 2 aromatic carbocycles. The van der Waals surface area contributed by atoms with Crippen molar-refractivity contribution >= 4 is 5.69 Å². The van der Waals surface area contributed by atoms with Crippen molar-refractivity contribution in [2.45, 2.75) is 39.9 Å². The summed E-state index contributed by atoms with van der Waals surface area (Å²) in [5.41, 5.74) is 4.01. The van der Waals surface area contributed by atoms with Gasteiger partial charge >= 0.3 is 0 Å². The predicted molar refractivity (Wildman–Crippen MR) is 100 cm³/mol. The molecule has 0 aliphatic carbocycles. The molecule has 1 aliphatic heterocycles. The lowest BCUT2D eigenvalue weighted by molar-refractivity contribution is 0.170. The second kappa shape index (κ2) is 7.87. The van der Waals surface area contributed by atoms with Crippen LogP contribution in [0.25, 0.3) is 0 Å². The zero-order valence-electron chi connectivity index (χ0n) is 15.3. The molecular weight excluding hydrogens is 315 g/mol. The van der Waals surface area contributed by atoms with Gasteiger partial charge in [0.2, 0.25) is 0 Å². The molecular formula is C21H27FN2O. The Labute approximate surface area is 149 Å². The number of hydrogen-bond donors (Lipinski definition) is 1. The van der Waals surface area contributed by atoms with Gasteiger partial charge in [-0.15, -0.1) is 0 Å². The molecule has 1 aliphatic rings. The molecule has 2 aromatic rings. The van der Waals surface area contributed by atoms with Gasteiger partial charge in [-0.2, -0.15) is 0 Å². The topological polar surface area (TPSA) is 24.5 Å². The summed E-state index contributed by atoms with van der Waals surface area (Å²) < 4.78 is 18.5. The summed E-state index contributed by atoms with van der Waals surface area (Å²) in [6.07, 6.45) is 0. The molecule has 0 radical (unpaired) electrons. The molecule has 3 nitrogen and oxygen atoms in total. The highest BCUT2D eigenvalue weighted by atomic mass is 19.1. The fourth-order valence-electron chi connectivity index (χ4n) is 3.21. The highest BCUT2D eigenvalue weighted by molar-refractivity contribution is 5.56. The number of hydrogen-bond acceptors (Lipinski definition) is 3. The molecule has 1 N–H and O–H groups in total. The molecule has 134 valence electrons. The number of benzene rings is 2. The molecule has 0 fully saturated rings. The molecule has 1 heterocycles. The van der Waals surface area contributed by atoms with E-state index in [2.05, 4.69) is 49.2 Å². The fourth-order valence-corrected chi connectivity index (χ4v) is 3.21. The summed E-state index contributed by atoms with van der Waals surface area (Å²) in [6, 6.07) is 13.2. The lowest BCUT2D eigenvalue weighted by atomic mass is 10.1. The van der Waals surface area contributed by atoms with E-state index in [0.717, 1.165) is 13.1 Å². The quantitative estimate of drug-likeness (QED) is 0.740. The lowest BCUT2D eigenvalue weighted by Gasteiger charge is -2.27. The third-order valence-corrected chi connectivity index (χ3v) is 5.05. The van der Waals surface area contributed by atoms with Crippen molar-refractivity contribution in [3.8, 4) is 5.75 Å². The van der Waals surface area contributed by atoms with E-state index in [9.17, 15) is 4.39 Å². The number of fused-ring (bicyclic) bond motifs is 1. The van der Waals surface area contributed by atoms with Crippen LogP contribution in [0.3, 0.4) is 0 Å². The number of anilines is 1. The Balaban J connectivity index is 1.55. The van der Waals surface area contributed by atoms with Gasteiger partial charge in [0.05, 0.1) is 0 Å². The van der Waals surface area contributed by atoms with E-state index < -0.39 is 0 Å². The monoisotopic (exact) mass is 342 g/mol. The number of ether oxygens (including phenoxy) is 1. The Morgan fingerprint density at radius 3 is 2.56 bits per heavy atom. The molecule has 0 saturated heterocycles. The number of halogens is 1. The van der Waals surface area contributed by atoms with Crippen molar-refractivity contribution in [3.05, 3.63) is 59.4 Å². The van der Waals surface area contributed by atoms with Crippen LogP contribution in [0.2, 0.25) is 0 Å². The van der Waals surface area contributed by atoms with E-state index in [1.165, 1.54) is 28.9 Å². The maximum Gasteiger partial charge on any atom is 0.123 e. The second-order valence-corrected chi connectivity index (χ2v) is 7.06. The standard InChI is InChI=1S/C21H27FN2O/c1-15(2)16(3)24-13-17-5-4-6-21(20(17)14-24)23-11-12-25-19-9-7-18(22)8-10-19/h4-10,15-16,23H,11-14H2,1-3H3. The lowest BCUT2D eigenvalue weighted by Crippen LogP contribution is -2.32. The van der Waals surface area contributed by atoms with Crippen molar-refractivity contribution < 1.29 is 9.13 Å². The summed E-state index contributed by atoms with van der Waals surface area (Å²) in [7, 11) is 0. The molecule has 0 saturated carbocycles. The summed E-state index contributed by atoms with van der Waals surface area (Å²) >= 11 is 0. The van der Waals surface area contributed by atoms with Crippen molar-refractivity contribution in [2.24, 2.45) is 5.92 Å². The molecule has 1 atom stereocenters. The van der Waals surface area contributed by atoms with Crippen LogP contribution in [0, 0.1) is 11.7 Å². The van der Waals surface area contributed by atoms with E-state index in [1.54, 1.807) is 12.1 Å². The zero-order chi connectivity index (χ0) is 17.8. The van der Waals surface area contributed by atoms with Crippen LogP contribution in [-0.4, -0.2) is 24.1 Å². The van der Waals surface area contributed by atoms with Gasteiger partial charge in [-0.05, 0) is 54.3 Å². The molecule has 0 amide bonds. The van der Waals surface area contributed by atoms with Crippen molar-refractivity contribution in [1.82, 2.24) is 4.90 Å². The highest BCUT2D eigenvalue weighted by Gasteiger charge is 2.26. The minimum Gasteiger partial charge on any atom is -0.492 e. The molecule has 0 aromatic heterocycles. The largest absolute Gasteiger partial charge is 0.492 e. The van der Waals surface area contributed by atoms with Crippen LogP contribution in [-0.2, 0) is 13.1 Å². The second-order valence-electron chi connectivity index (χ2n) is 7.06. The SMILES string of the molecule is CC(C)C(C)N1Cc2cccc(NCCOc3ccc(F)cc3)c2C1. The Bertz CT molecular complexity index is 700. The van der Waals surface area contributed by atoms with E-state index in [-0.39, 0.29) is 5.82 Å². The Hall–Kier alpha value is -2.07. The molecule has 4 heteroatoms. The van der Waals surface area contributed by atoms with E-state index in [4.69, 9.17) is 4.74 Å². The summed E-state index contributed by atoms with van der Waals surface area (Å²) in [4.78, 5) is 2.54. The molecule has 3 rings (SSSR count). The van der Waals surface area contributed by atoms with Gasteiger partial charge in [-0.1, -0.05) is 26.0 Å². The van der Waals surface area contributed by atoms with Crippen LogP contribution >= 0.6 is 0 Å². The van der Waals surface area contributed by atoms with Crippen molar-refractivity contribution in [2.75, 3.05) is 18.5 Å². The first kappa shape index (κ1) is 17.7. The fraction of sp³-hybridized carbons (Fsp3) is 0.429. The van der Waals surface area contributed by atoms with Crippen LogP contribution in [0.5, 0.6) is 5.75 Å². The molecule has 0 bridgehead atoms. The van der Waals surface area contributed by atoms with Crippen LogP contribution in [0.15, 0.2) is 42.5 Å². The summed E-state index contributed by atoms with van der Waals surface area (Å²) in [5, 5.41) is 3.49. The van der Waals surface area contributed by atoms with Gasteiger partial charge in [0.15, 0.2) is 0 Å². The summed E-state index contributed by atoms with van der Waals surface area (Å²) in [6.45, 7) is 10.1. The first-order valence-electron chi connectivity index (χ1n) is 9.01. The van der Waals surface area contributed by atoms with E-state index in [1.807, 2.05) is 0 Å². The Morgan fingerprint density at radius 2 is 1.84 bits per heavy atom. The molecule has 25 heavy (non-hydrogen) atoms. The summed E-state index contributed by atoms with van der Waals surface area (Å²) in [5.74, 6) is 1.10. The minimum atomic E-state index is -0.245. The van der Waals surface area contributed by atoms with Gasteiger partial charge < -0.3 is 10.1 Å². The third kappa shape index (κ3) is 4.31.